The van der Waals surface area contributed by atoms with Gasteiger partial charge in [-0.3, -0.25) is 9.05 Å². The van der Waals surface area contributed by atoms with Crippen LogP contribution in [0.15, 0.2) is 0 Å². The van der Waals surface area contributed by atoms with Gasteiger partial charge in [-0.1, -0.05) is 46.5 Å². The van der Waals surface area contributed by atoms with Crippen molar-refractivity contribution in [2.24, 2.45) is 17.2 Å². The third-order valence-corrected chi connectivity index (χ3v) is 7.25. The van der Waals surface area contributed by atoms with E-state index in [0.717, 1.165) is 56.3 Å². The van der Waals surface area contributed by atoms with Crippen LogP contribution in [0, 0.1) is 0 Å². The van der Waals surface area contributed by atoms with E-state index in [0.29, 0.717) is 12.8 Å². The molecule has 0 aromatic carbocycles. The lowest BCUT2D eigenvalue weighted by Gasteiger charge is -2.26. The highest BCUT2D eigenvalue weighted by molar-refractivity contribution is 8.55. The Labute approximate surface area is 145 Å². The van der Waals surface area contributed by atoms with Gasteiger partial charge in [-0.2, -0.15) is 0 Å². The van der Waals surface area contributed by atoms with E-state index < -0.39 is 19.3 Å². The van der Waals surface area contributed by atoms with Gasteiger partial charge in [0.15, 0.2) is 0 Å². The molecule has 0 bridgehead atoms. The average molecular weight is 370 g/mol. The van der Waals surface area contributed by atoms with Gasteiger partial charge in [0.05, 0.1) is 5.37 Å². The molecule has 0 spiro atoms. The van der Waals surface area contributed by atoms with Crippen molar-refractivity contribution in [1.29, 1.82) is 0 Å². The molecule has 0 aliphatic rings. The van der Waals surface area contributed by atoms with Crippen LogP contribution in [0.5, 0.6) is 0 Å². The van der Waals surface area contributed by atoms with Crippen LogP contribution >= 0.6 is 18.2 Å². The molecule has 0 saturated heterocycles. The summed E-state index contributed by atoms with van der Waals surface area (Å²) in [6.45, 7) is 2.76. The van der Waals surface area contributed by atoms with Crippen LogP contribution < -0.4 is 17.2 Å². The molecule has 23 heavy (non-hydrogen) atoms. The van der Waals surface area contributed by atoms with Crippen molar-refractivity contribution in [3.8, 4) is 0 Å². The summed E-state index contributed by atoms with van der Waals surface area (Å²) in [7, 11) is 0. The van der Waals surface area contributed by atoms with E-state index in [-0.39, 0.29) is 5.37 Å². The fourth-order valence-corrected chi connectivity index (χ4v) is 5.85. The number of unbranched alkanes of at least 4 members (excludes halogenated alkanes) is 3. The number of hydrogen-bond donors (Lipinski definition) is 3. The van der Waals surface area contributed by atoms with Gasteiger partial charge in [-0.05, 0) is 43.5 Å². The molecule has 0 aliphatic heterocycles. The Kier molecular flexibility index (Phi) is 13.9. The van der Waals surface area contributed by atoms with E-state index in [1.807, 2.05) is 0 Å². The van der Waals surface area contributed by atoms with Gasteiger partial charge in [0.2, 0.25) is 0 Å². The first-order chi connectivity index (χ1) is 10.9. The number of rotatable bonds is 15. The molecule has 0 aliphatic carbocycles. The van der Waals surface area contributed by atoms with E-state index >= 15 is 0 Å². The highest BCUT2D eigenvalue weighted by Crippen LogP contribution is 2.63. The minimum absolute atomic E-state index is 0.308. The summed E-state index contributed by atoms with van der Waals surface area (Å²) in [5, 5.41) is -0.308. The lowest BCUT2D eigenvalue weighted by atomic mass is 10.2. The summed E-state index contributed by atoms with van der Waals surface area (Å²) in [6, 6.07) is 0. The third kappa shape index (κ3) is 12.4. The van der Waals surface area contributed by atoms with Gasteiger partial charge in [0.1, 0.15) is 12.5 Å². The van der Waals surface area contributed by atoms with Crippen LogP contribution in [0.4, 0.5) is 0 Å². The molecule has 6 N–H and O–H groups in total. The molecule has 0 aromatic rings. The highest BCUT2D eigenvalue weighted by atomic mass is 32.7. The van der Waals surface area contributed by atoms with Crippen molar-refractivity contribution in [2.45, 2.75) is 96.4 Å². The third-order valence-electron chi connectivity index (χ3n) is 3.32. The lowest BCUT2D eigenvalue weighted by Crippen LogP contribution is -2.28. The first-order valence-electron chi connectivity index (χ1n) is 8.78. The summed E-state index contributed by atoms with van der Waals surface area (Å²) in [5.41, 5.74) is 17.9. The largest absolute Gasteiger partial charge is 0.393 e. The molecule has 0 radical (unpaired) electrons. The summed E-state index contributed by atoms with van der Waals surface area (Å²) >= 11 is 1.04. The predicted octanol–water partition coefficient (Wildman–Crippen LogP) is 4.29. The second kappa shape index (κ2) is 13.6. The summed E-state index contributed by atoms with van der Waals surface area (Å²) < 4.78 is 24.1. The Balaban J connectivity index is 4.70. The predicted molar refractivity (Wildman–Crippen MR) is 99.9 cm³/mol. The van der Waals surface area contributed by atoms with Crippen molar-refractivity contribution in [3.63, 3.8) is 0 Å². The molecule has 6 nitrogen and oxygen atoms in total. The van der Waals surface area contributed by atoms with Crippen molar-refractivity contribution in [1.82, 2.24) is 0 Å². The molecule has 0 fully saturated rings. The maximum absolute atomic E-state index is 13.0. The zero-order valence-electron chi connectivity index (χ0n) is 14.9. The fraction of sp³-hybridized carbons (Fsp3) is 1.00. The van der Waals surface area contributed by atoms with Gasteiger partial charge in [-0.15, -0.1) is 0 Å². The zero-order valence-corrected chi connectivity index (χ0v) is 16.6. The molecule has 0 rings (SSSR count). The van der Waals surface area contributed by atoms with Crippen LogP contribution in [-0.4, -0.2) is 17.8 Å². The van der Waals surface area contributed by atoms with E-state index in [1.54, 1.807) is 0 Å². The van der Waals surface area contributed by atoms with Gasteiger partial charge in [-0.25, -0.2) is 4.57 Å². The van der Waals surface area contributed by atoms with E-state index in [2.05, 4.69) is 20.8 Å². The normalized spacial score (nSPS) is 18.3. The standard InChI is InChI=1S/C15H36N3O3PS/c1-4-7-10-13(16)20-22(19,21-14(17)11-8-5-2)23-15(18)12-9-6-3/h13-15H,4-12,16-18H2,1-3H3. The average Bonchev–Trinajstić information content (AvgIpc) is 2.48. The van der Waals surface area contributed by atoms with Gasteiger partial charge in [0, 0.05) is 0 Å². The van der Waals surface area contributed by atoms with Crippen molar-refractivity contribution < 1.29 is 13.6 Å². The first kappa shape index (κ1) is 23.4. The second-order valence-electron chi connectivity index (χ2n) is 5.81. The molecule has 0 amide bonds. The lowest BCUT2D eigenvalue weighted by molar-refractivity contribution is 0.119. The van der Waals surface area contributed by atoms with Crippen LogP contribution in [0.3, 0.4) is 0 Å². The van der Waals surface area contributed by atoms with Gasteiger partial charge >= 0.3 is 6.80 Å². The first-order valence-corrected chi connectivity index (χ1v) is 11.8. The maximum Gasteiger partial charge on any atom is 0.393 e. The second-order valence-corrected chi connectivity index (χ2v) is 9.91. The molecule has 0 aromatic heterocycles. The number of hydrogen-bond acceptors (Lipinski definition) is 7. The minimum atomic E-state index is -3.47. The fourth-order valence-electron chi connectivity index (χ4n) is 1.95. The summed E-state index contributed by atoms with van der Waals surface area (Å²) in [4.78, 5) is 0. The quantitative estimate of drug-likeness (QED) is 0.291. The van der Waals surface area contributed by atoms with Crippen LogP contribution in [0.1, 0.15) is 78.6 Å². The number of nitrogens with two attached hydrogens (primary N) is 3. The molecule has 3 atom stereocenters. The van der Waals surface area contributed by atoms with Gasteiger partial charge < -0.3 is 17.2 Å². The Hall–Kier alpha value is 0.380. The Bertz CT molecular complexity index is 290. The molecular formula is C15H36N3O3PS. The van der Waals surface area contributed by atoms with E-state index in [9.17, 15) is 4.57 Å². The van der Waals surface area contributed by atoms with Crippen molar-refractivity contribution in [3.05, 3.63) is 0 Å². The monoisotopic (exact) mass is 369 g/mol. The Morgan fingerprint density at radius 3 is 1.61 bits per heavy atom. The minimum Gasteiger partial charge on any atom is -0.319 e. The highest BCUT2D eigenvalue weighted by Gasteiger charge is 2.33. The molecule has 3 unspecified atom stereocenters. The zero-order chi connectivity index (χ0) is 17.7. The molecule has 0 saturated carbocycles. The molecular weight excluding hydrogens is 333 g/mol. The molecule has 8 heteroatoms. The smallest absolute Gasteiger partial charge is 0.319 e. The maximum atomic E-state index is 13.0. The van der Waals surface area contributed by atoms with Crippen molar-refractivity contribution >= 4 is 18.2 Å². The van der Waals surface area contributed by atoms with E-state index in [1.165, 1.54) is 0 Å². The van der Waals surface area contributed by atoms with Crippen LogP contribution in [0.25, 0.3) is 0 Å². The van der Waals surface area contributed by atoms with Crippen molar-refractivity contribution in [2.75, 3.05) is 0 Å². The van der Waals surface area contributed by atoms with E-state index in [4.69, 9.17) is 26.2 Å². The Morgan fingerprint density at radius 2 is 1.22 bits per heavy atom. The van der Waals surface area contributed by atoms with Crippen LogP contribution in [-0.2, 0) is 13.6 Å². The Morgan fingerprint density at radius 1 is 0.826 bits per heavy atom. The molecule has 0 heterocycles. The topological polar surface area (TPSA) is 114 Å². The van der Waals surface area contributed by atoms with Gasteiger partial charge in [0.25, 0.3) is 0 Å². The molecule has 140 valence electrons. The van der Waals surface area contributed by atoms with Crippen LogP contribution in [0.2, 0.25) is 0 Å². The summed E-state index contributed by atoms with van der Waals surface area (Å²) in [6.07, 6.45) is 6.62. The SMILES string of the molecule is CCCCC(N)OP(=O)(OC(N)CCCC)SC(N)CCCC. The summed E-state index contributed by atoms with van der Waals surface area (Å²) in [5.74, 6) is 0.